The second kappa shape index (κ2) is 10.7. The summed E-state index contributed by atoms with van der Waals surface area (Å²) in [6.45, 7) is 4.87. The molecule has 1 amide bonds. The zero-order chi connectivity index (χ0) is 21.7. The van der Waals surface area contributed by atoms with Crippen molar-refractivity contribution in [2.24, 2.45) is 0 Å². The van der Waals surface area contributed by atoms with Crippen LogP contribution in [0.5, 0.6) is 0 Å². The van der Waals surface area contributed by atoms with Crippen LogP contribution in [-0.4, -0.2) is 52.7 Å². The van der Waals surface area contributed by atoms with E-state index in [1.807, 2.05) is 17.0 Å². The zero-order valence-corrected chi connectivity index (χ0v) is 19.8. The molecule has 1 aromatic carbocycles. The van der Waals surface area contributed by atoms with Crippen LogP contribution >= 0.6 is 46.3 Å². The maximum Gasteiger partial charge on any atom is 0.358 e. The number of likely N-dealkylation sites (tertiary alicyclic amines) is 1. The van der Waals surface area contributed by atoms with E-state index >= 15 is 0 Å². The lowest BCUT2D eigenvalue weighted by molar-refractivity contribution is -0.128. The summed E-state index contributed by atoms with van der Waals surface area (Å²) in [6, 6.07) is 5.43. The van der Waals surface area contributed by atoms with Gasteiger partial charge in [-0.05, 0) is 38.5 Å². The number of rotatable bonds is 9. The monoisotopic (exact) mass is 487 g/mol. The van der Waals surface area contributed by atoms with E-state index in [0.29, 0.717) is 41.0 Å². The molecule has 3 rings (SSSR count). The lowest BCUT2D eigenvalue weighted by Gasteiger charge is -2.25. The van der Waals surface area contributed by atoms with Gasteiger partial charge in [-0.15, -0.1) is 11.3 Å². The van der Waals surface area contributed by atoms with Crippen molar-refractivity contribution in [3.8, 4) is 0 Å². The summed E-state index contributed by atoms with van der Waals surface area (Å²) in [5.41, 5.74) is 1.17. The predicted octanol–water partition coefficient (Wildman–Crippen LogP) is 5.21. The Labute approximate surface area is 194 Å². The number of amides is 1. The second-order valence-electron chi connectivity index (χ2n) is 7.12. The fraction of sp³-hybridized carbons (Fsp3) is 0.450. The van der Waals surface area contributed by atoms with Crippen molar-refractivity contribution < 1.29 is 14.3 Å². The Morgan fingerprint density at radius 1 is 1.37 bits per heavy atom. The van der Waals surface area contributed by atoms with Crippen LogP contribution < -0.4 is 5.32 Å². The van der Waals surface area contributed by atoms with E-state index in [9.17, 15) is 9.59 Å². The topological polar surface area (TPSA) is 71.5 Å². The Hall–Kier alpha value is -1.48. The molecule has 6 nitrogen and oxygen atoms in total. The molecule has 10 heteroatoms. The molecular weight excluding hydrogens is 465 g/mol. The first-order valence-electron chi connectivity index (χ1n) is 9.60. The second-order valence-corrected chi connectivity index (χ2v) is 10.2. The van der Waals surface area contributed by atoms with E-state index < -0.39 is 5.97 Å². The Morgan fingerprint density at radius 2 is 2.10 bits per heavy atom. The van der Waals surface area contributed by atoms with Gasteiger partial charge in [-0.3, -0.25) is 4.79 Å². The lowest BCUT2D eigenvalue weighted by atomic mass is 10.2. The molecule has 1 atom stereocenters. The van der Waals surface area contributed by atoms with Crippen molar-refractivity contribution in [2.75, 3.05) is 24.2 Å². The van der Waals surface area contributed by atoms with Crippen LogP contribution in [0, 0.1) is 0 Å². The molecule has 2 aromatic rings. The third-order valence-electron chi connectivity index (χ3n) is 4.45. The van der Waals surface area contributed by atoms with Gasteiger partial charge in [0, 0.05) is 52.4 Å². The lowest BCUT2D eigenvalue weighted by Crippen LogP contribution is -2.39. The van der Waals surface area contributed by atoms with Crippen molar-refractivity contribution in [3.05, 3.63) is 39.3 Å². The number of benzene rings is 1. The van der Waals surface area contributed by atoms with Crippen LogP contribution in [-0.2, 0) is 9.53 Å². The summed E-state index contributed by atoms with van der Waals surface area (Å²) < 4.78 is 5.95. The summed E-state index contributed by atoms with van der Waals surface area (Å²) in [5, 5.41) is 6.17. The number of anilines is 1. The van der Waals surface area contributed by atoms with Crippen molar-refractivity contribution in [3.63, 3.8) is 0 Å². The van der Waals surface area contributed by atoms with Crippen molar-refractivity contribution in [1.29, 1.82) is 0 Å². The fourth-order valence-corrected chi connectivity index (χ4v) is 5.46. The van der Waals surface area contributed by atoms with E-state index in [4.69, 9.17) is 27.9 Å². The summed E-state index contributed by atoms with van der Waals surface area (Å²) in [4.78, 5) is 30.5. The smallest absolute Gasteiger partial charge is 0.358 e. The number of nitrogens with zero attached hydrogens (tertiary/aromatic N) is 2. The van der Waals surface area contributed by atoms with Crippen LogP contribution in [0.4, 0.5) is 5.69 Å². The molecule has 2 heterocycles. The van der Waals surface area contributed by atoms with E-state index in [1.54, 1.807) is 25.3 Å². The van der Waals surface area contributed by atoms with Gasteiger partial charge >= 0.3 is 5.97 Å². The minimum absolute atomic E-state index is 0.115. The highest BCUT2D eigenvalue weighted by atomic mass is 35.5. The molecule has 0 bridgehead atoms. The normalized spacial score (nSPS) is 16.4. The van der Waals surface area contributed by atoms with Crippen LogP contribution in [0.15, 0.2) is 27.9 Å². The van der Waals surface area contributed by atoms with Gasteiger partial charge in [-0.1, -0.05) is 35.0 Å². The number of nitrogens with one attached hydrogen (secondary N) is 1. The third-order valence-corrected chi connectivity index (χ3v) is 6.89. The predicted molar refractivity (Wildman–Crippen MR) is 123 cm³/mol. The van der Waals surface area contributed by atoms with Gasteiger partial charge in [-0.25, -0.2) is 9.78 Å². The molecule has 0 radical (unpaired) electrons. The van der Waals surface area contributed by atoms with Gasteiger partial charge in [0.25, 0.3) is 0 Å². The third kappa shape index (κ3) is 6.51. The molecule has 30 heavy (non-hydrogen) atoms. The number of thioether (sulfide) groups is 1. The Kier molecular flexibility index (Phi) is 8.27. The van der Waals surface area contributed by atoms with Gasteiger partial charge in [0.15, 0.2) is 10.0 Å². The number of ether oxygens (including phenoxy) is 1. The van der Waals surface area contributed by atoms with Crippen LogP contribution in [0.3, 0.4) is 0 Å². The zero-order valence-electron chi connectivity index (χ0n) is 16.7. The van der Waals surface area contributed by atoms with Crippen molar-refractivity contribution >= 4 is 63.9 Å². The molecule has 0 aliphatic carbocycles. The van der Waals surface area contributed by atoms with Crippen LogP contribution in [0.2, 0.25) is 10.0 Å². The highest BCUT2D eigenvalue weighted by Gasteiger charge is 2.30. The summed E-state index contributed by atoms with van der Waals surface area (Å²) in [7, 11) is 0. The molecule has 0 unspecified atom stereocenters. The molecule has 1 fully saturated rings. The number of thiazole rings is 1. The van der Waals surface area contributed by atoms with Crippen molar-refractivity contribution in [1.82, 2.24) is 9.88 Å². The Bertz CT molecular complexity index is 887. The number of hydrogen-bond acceptors (Lipinski definition) is 7. The molecule has 0 spiro atoms. The molecular formula is C20H23Cl2N3O3S2. The van der Waals surface area contributed by atoms with Gasteiger partial charge < -0.3 is 15.0 Å². The SMILES string of the molecule is CC(C)OC(=O)c1csc(SCCN2C(=O)CC[C@@H]2CNc2cc(Cl)cc(Cl)c2)n1. The van der Waals surface area contributed by atoms with E-state index in [1.165, 1.54) is 23.1 Å². The summed E-state index contributed by atoms with van der Waals surface area (Å²) in [6.07, 6.45) is 1.19. The molecule has 1 aliphatic heterocycles. The molecule has 0 saturated carbocycles. The van der Waals surface area contributed by atoms with Gasteiger partial charge in [0.1, 0.15) is 0 Å². The first kappa shape index (κ1) is 23.2. The van der Waals surface area contributed by atoms with Crippen LogP contribution in [0.1, 0.15) is 37.2 Å². The molecule has 1 aromatic heterocycles. The number of carbonyl (C=O) groups excluding carboxylic acids is 2. The molecule has 1 aliphatic rings. The van der Waals surface area contributed by atoms with Crippen molar-refractivity contribution in [2.45, 2.75) is 43.2 Å². The largest absolute Gasteiger partial charge is 0.458 e. The van der Waals surface area contributed by atoms with Gasteiger partial charge in [0.2, 0.25) is 5.91 Å². The fourth-order valence-electron chi connectivity index (χ4n) is 3.13. The Balaban J connectivity index is 1.49. The minimum atomic E-state index is -0.407. The number of aromatic nitrogens is 1. The molecule has 1 N–H and O–H groups in total. The quantitative estimate of drug-likeness (QED) is 0.386. The van der Waals surface area contributed by atoms with E-state index in [-0.39, 0.29) is 18.1 Å². The first-order chi connectivity index (χ1) is 14.3. The summed E-state index contributed by atoms with van der Waals surface area (Å²) >= 11 is 15.0. The number of carbonyl (C=O) groups is 2. The Morgan fingerprint density at radius 3 is 2.80 bits per heavy atom. The van der Waals surface area contributed by atoms with Crippen LogP contribution in [0.25, 0.3) is 0 Å². The summed E-state index contributed by atoms with van der Waals surface area (Å²) in [5.74, 6) is 0.458. The first-order valence-corrected chi connectivity index (χ1v) is 12.2. The average molecular weight is 488 g/mol. The standard InChI is InChI=1S/C20H23Cl2N3O3S2/c1-12(2)28-19(27)17-11-30-20(24-17)29-6-5-25-16(3-4-18(25)26)10-23-15-8-13(21)7-14(22)9-15/h7-9,11-12,16,23H,3-6,10H2,1-2H3/t16-/m1/s1. The maximum absolute atomic E-state index is 12.3. The highest BCUT2D eigenvalue weighted by molar-refractivity contribution is 8.01. The van der Waals surface area contributed by atoms with E-state index in [0.717, 1.165) is 16.4 Å². The molecule has 162 valence electrons. The van der Waals surface area contributed by atoms with Gasteiger partial charge in [0.05, 0.1) is 6.10 Å². The highest BCUT2D eigenvalue weighted by Crippen LogP contribution is 2.26. The molecule has 1 saturated heterocycles. The number of esters is 1. The number of halogens is 2. The van der Waals surface area contributed by atoms with E-state index in [2.05, 4.69) is 10.3 Å². The van der Waals surface area contributed by atoms with Gasteiger partial charge in [-0.2, -0.15) is 0 Å². The minimum Gasteiger partial charge on any atom is -0.458 e. The maximum atomic E-state index is 12.3. The number of hydrogen-bond donors (Lipinski definition) is 1. The average Bonchev–Trinajstić information content (AvgIpc) is 3.26.